The summed E-state index contributed by atoms with van der Waals surface area (Å²) in [7, 11) is 0. The van der Waals surface area contributed by atoms with Gasteiger partial charge in [-0.15, -0.1) is 0 Å². The normalized spacial score (nSPS) is 11.3. The van der Waals surface area contributed by atoms with Crippen LogP contribution in [-0.2, 0) is 0 Å². The summed E-state index contributed by atoms with van der Waals surface area (Å²) >= 11 is 0. The number of halogens is 1. The highest BCUT2D eigenvalue weighted by Gasteiger charge is 2.11. The van der Waals surface area contributed by atoms with Gasteiger partial charge in [-0.05, 0) is 53.3 Å². The molecule has 0 bridgehead atoms. The lowest BCUT2D eigenvalue weighted by Crippen LogP contribution is -2.00. The highest BCUT2D eigenvalue weighted by molar-refractivity contribution is 6.08. The molecule has 0 saturated heterocycles. The van der Waals surface area contributed by atoms with E-state index in [-0.39, 0.29) is 5.82 Å². The molecule has 0 aromatic heterocycles. The minimum absolute atomic E-state index is 0.266. The Balaban J connectivity index is 1.72. The van der Waals surface area contributed by atoms with Crippen LogP contribution in [0.4, 0.5) is 4.39 Å². The summed E-state index contributed by atoms with van der Waals surface area (Å²) in [5.74, 6) is 0.956. The molecule has 156 valence electrons. The third-order valence-corrected chi connectivity index (χ3v) is 5.41. The number of rotatable bonds is 12. The molecule has 3 aromatic carbocycles. The molecule has 3 heteroatoms. The van der Waals surface area contributed by atoms with E-state index in [1.165, 1.54) is 32.1 Å². The van der Waals surface area contributed by atoms with Crippen molar-refractivity contribution in [3.05, 3.63) is 48.3 Å². The highest BCUT2D eigenvalue weighted by Crippen LogP contribution is 2.33. The van der Waals surface area contributed by atoms with E-state index < -0.39 is 0 Å². The molecule has 0 aliphatic rings. The average Bonchev–Trinajstić information content (AvgIpc) is 2.74. The molecular weight excluding hydrogens is 363 g/mol. The van der Waals surface area contributed by atoms with Crippen LogP contribution in [0.1, 0.15) is 65.2 Å². The van der Waals surface area contributed by atoms with Crippen LogP contribution in [0.5, 0.6) is 11.5 Å². The summed E-state index contributed by atoms with van der Waals surface area (Å²) in [5.41, 5.74) is 0. The molecule has 0 radical (unpaired) electrons. The van der Waals surface area contributed by atoms with Crippen molar-refractivity contribution in [2.24, 2.45) is 0 Å². The van der Waals surface area contributed by atoms with Crippen molar-refractivity contribution in [3.63, 3.8) is 0 Å². The topological polar surface area (TPSA) is 18.5 Å². The van der Waals surface area contributed by atoms with Gasteiger partial charge in [-0.25, -0.2) is 4.39 Å². The van der Waals surface area contributed by atoms with Gasteiger partial charge >= 0.3 is 0 Å². The average molecular weight is 397 g/mol. The van der Waals surface area contributed by atoms with Crippen LogP contribution in [-0.4, -0.2) is 13.2 Å². The van der Waals surface area contributed by atoms with E-state index in [0.717, 1.165) is 47.8 Å². The number of unbranched alkanes of at least 4 members (excludes halogenated alkanes) is 6. The fourth-order valence-electron chi connectivity index (χ4n) is 3.70. The number of fused-ring (bicyclic) bond motifs is 3. The van der Waals surface area contributed by atoms with Crippen LogP contribution in [0.25, 0.3) is 21.5 Å². The summed E-state index contributed by atoms with van der Waals surface area (Å²) in [6.45, 7) is 5.69. The molecule has 0 N–H and O–H groups in total. The summed E-state index contributed by atoms with van der Waals surface area (Å²) in [6, 6.07) is 13.6. The van der Waals surface area contributed by atoms with Crippen LogP contribution >= 0.6 is 0 Å². The lowest BCUT2D eigenvalue weighted by molar-refractivity contribution is 0.291. The van der Waals surface area contributed by atoms with Gasteiger partial charge in [-0.2, -0.15) is 0 Å². The Morgan fingerprint density at radius 1 is 0.655 bits per heavy atom. The van der Waals surface area contributed by atoms with E-state index in [4.69, 9.17) is 9.47 Å². The maximum Gasteiger partial charge on any atom is 0.172 e. The molecule has 29 heavy (non-hydrogen) atoms. The first-order valence-corrected chi connectivity index (χ1v) is 11.1. The molecule has 3 aromatic rings. The Morgan fingerprint density at radius 2 is 1.31 bits per heavy atom. The number of hydrogen-bond donors (Lipinski definition) is 0. The largest absolute Gasteiger partial charge is 0.494 e. The Hall–Kier alpha value is -2.29. The fraction of sp³-hybridized carbons (Fsp3) is 0.462. The van der Waals surface area contributed by atoms with E-state index >= 15 is 0 Å². The van der Waals surface area contributed by atoms with E-state index in [1.807, 2.05) is 36.4 Å². The summed E-state index contributed by atoms with van der Waals surface area (Å²) < 4.78 is 26.6. The Kier molecular flexibility index (Phi) is 8.15. The third kappa shape index (κ3) is 5.62. The number of ether oxygens (including phenoxy) is 2. The van der Waals surface area contributed by atoms with E-state index in [0.29, 0.717) is 17.7 Å². The van der Waals surface area contributed by atoms with Gasteiger partial charge in [0.05, 0.1) is 13.2 Å². The molecule has 3 rings (SSSR count). The third-order valence-electron chi connectivity index (χ3n) is 5.41. The molecule has 0 atom stereocenters. The second-order valence-electron chi connectivity index (χ2n) is 7.74. The Labute approximate surface area is 174 Å². The van der Waals surface area contributed by atoms with Gasteiger partial charge in [-0.1, -0.05) is 70.6 Å². The van der Waals surface area contributed by atoms with Crippen LogP contribution < -0.4 is 9.47 Å². The molecule has 0 aliphatic heterocycles. The first-order chi connectivity index (χ1) is 14.2. The highest BCUT2D eigenvalue weighted by atomic mass is 19.1. The lowest BCUT2D eigenvalue weighted by atomic mass is 10.0. The van der Waals surface area contributed by atoms with Crippen molar-refractivity contribution in [1.82, 2.24) is 0 Å². The predicted octanol–water partition coefficient (Wildman–Crippen LogP) is 8.05. The van der Waals surface area contributed by atoms with Gasteiger partial charge in [0, 0.05) is 5.39 Å². The minimum Gasteiger partial charge on any atom is -0.494 e. The molecule has 2 nitrogen and oxygen atoms in total. The molecule has 0 unspecified atom stereocenters. The van der Waals surface area contributed by atoms with Crippen molar-refractivity contribution in [1.29, 1.82) is 0 Å². The molecule has 0 aliphatic carbocycles. The van der Waals surface area contributed by atoms with Crippen LogP contribution in [0.2, 0.25) is 0 Å². The first kappa shape index (κ1) is 21.4. The summed E-state index contributed by atoms with van der Waals surface area (Å²) in [6.07, 6.45) is 9.23. The zero-order valence-corrected chi connectivity index (χ0v) is 17.8. The number of benzene rings is 3. The van der Waals surface area contributed by atoms with Crippen molar-refractivity contribution >= 4 is 21.5 Å². The molecule has 0 saturated carbocycles. The summed E-state index contributed by atoms with van der Waals surface area (Å²) in [5, 5.41) is 3.62. The molecule has 0 fully saturated rings. The maximum absolute atomic E-state index is 15.0. The lowest BCUT2D eigenvalue weighted by Gasteiger charge is -2.12. The van der Waals surface area contributed by atoms with Crippen molar-refractivity contribution in [2.45, 2.75) is 65.2 Å². The molecule has 0 amide bonds. The van der Waals surface area contributed by atoms with Crippen LogP contribution in [0.15, 0.2) is 42.5 Å². The minimum atomic E-state index is -0.266. The quantitative estimate of drug-likeness (QED) is 0.228. The SMILES string of the molecule is CCCCCCCOc1ccc2c(ccc3cc(OCCCCC)ccc32)c1F. The second-order valence-corrected chi connectivity index (χ2v) is 7.74. The molecular formula is C26H33FO2. The van der Waals surface area contributed by atoms with Gasteiger partial charge in [0.15, 0.2) is 11.6 Å². The zero-order chi connectivity index (χ0) is 20.5. The van der Waals surface area contributed by atoms with Crippen LogP contribution in [0.3, 0.4) is 0 Å². The van der Waals surface area contributed by atoms with Crippen LogP contribution in [0, 0.1) is 5.82 Å². The van der Waals surface area contributed by atoms with Crippen molar-refractivity contribution in [2.75, 3.05) is 13.2 Å². The Bertz CT molecular complexity index is 919. The van der Waals surface area contributed by atoms with Gasteiger partial charge in [0.25, 0.3) is 0 Å². The smallest absolute Gasteiger partial charge is 0.172 e. The van der Waals surface area contributed by atoms with Gasteiger partial charge in [-0.3, -0.25) is 0 Å². The number of hydrogen-bond acceptors (Lipinski definition) is 2. The van der Waals surface area contributed by atoms with Gasteiger partial charge in [0.1, 0.15) is 5.75 Å². The monoisotopic (exact) mass is 396 g/mol. The van der Waals surface area contributed by atoms with E-state index in [1.54, 1.807) is 6.07 Å². The van der Waals surface area contributed by atoms with E-state index in [2.05, 4.69) is 13.8 Å². The molecule has 0 spiro atoms. The first-order valence-electron chi connectivity index (χ1n) is 11.1. The molecule has 0 heterocycles. The predicted molar refractivity (Wildman–Crippen MR) is 121 cm³/mol. The maximum atomic E-state index is 15.0. The zero-order valence-electron chi connectivity index (χ0n) is 17.8. The fourth-order valence-corrected chi connectivity index (χ4v) is 3.70. The standard InChI is InChI=1S/C26H33FO2/c1-3-5-7-8-10-18-29-25-16-15-23-22-14-12-21(28-17-9-6-4-2)19-20(22)11-13-24(23)26(25)27/h11-16,19H,3-10,17-18H2,1-2H3. The second kappa shape index (κ2) is 11.0. The van der Waals surface area contributed by atoms with Crippen molar-refractivity contribution in [3.8, 4) is 11.5 Å². The Morgan fingerprint density at radius 3 is 2.14 bits per heavy atom. The summed E-state index contributed by atoms with van der Waals surface area (Å²) in [4.78, 5) is 0. The van der Waals surface area contributed by atoms with Gasteiger partial charge < -0.3 is 9.47 Å². The van der Waals surface area contributed by atoms with Crippen molar-refractivity contribution < 1.29 is 13.9 Å². The van der Waals surface area contributed by atoms with E-state index in [9.17, 15) is 4.39 Å². The van der Waals surface area contributed by atoms with Gasteiger partial charge in [0.2, 0.25) is 0 Å².